The Kier molecular flexibility index (Phi) is 6.79. The molecule has 0 aliphatic carbocycles. The van der Waals surface area contributed by atoms with Crippen LogP contribution in [0.4, 0.5) is 5.69 Å². The lowest BCUT2D eigenvalue weighted by molar-refractivity contribution is -0.120. The van der Waals surface area contributed by atoms with Gasteiger partial charge in [0.05, 0.1) is 16.6 Å². The van der Waals surface area contributed by atoms with Crippen molar-refractivity contribution in [2.75, 3.05) is 24.1 Å². The number of hydrogen-bond acceptors (Lipinski definition) is 5. The molecule has 178 valence electrons. The maximum absolute atomic E-state index is 13.6. The molecule has 1 atom stereocenters. The molecule has 7 nitrogen and oxygen atoms in total. The SMILES string of the molecule is Cc1ccc(C)c(C(C)NC(=O)CN(c2ccc3c(c2)OCCO3)S(=O)(=O)c2ccccc2)c1. The molecule has 1 amide bonds. The van der Waals surface area contributed by atoms with E-state index >= 15 is 0 Å². The summed E-state index contributed by atoms with van der Waals surface area (Å²) < 4.78 is 39.4. The second-order valence-corrected chi connectivity index (χ2v) is 10.2. The average Bonchev–Trinajstić information content (AvgIpc) is 2.84. The first-order valence-electron chi connectivity index (χ1n) is 11.1. The van der Waals surface area contributed by atoms with Crippen LogP contribution < -0.4 is 19.1 Å². The fourth-order valence-electron chi connectivity index (χ4n) is 3.94. The molecular weight excluding hydrogens is 452 g/mol. The predicted octanol–water partition coefficient (Wildman–Crippen LogP) is 4.15. The van der Waals surface area contributed by atoms with Crippen LogP contribution in [0.5, 0.6) is 11.5 Å². The molecule has 1 heterocycles. The van der Waals surface area contributed by atoms with Crippen LogP contribution in [0.2, 0.25) is 0 Å². The van der Waals surface area contributed by atoms with E-state index in [1.807, 2.05) is 39.0 Å². The Morgan fingerprint density at radius 3 is 2.41 bits per heavy atom. The van der Waals surface area contributed by atoms with Gasteiger partial charge in [-0.25, -0.2) is 8.42 Å². The van der Waals surface area contributed by atoms with E-state index in [0.717, 1.165) is 21.0 Å². The Morgan fingerprint density at radius 1 is 0.971 bits per heavy atom. The van der Waals surface area contributed by atoms with Crippen molar-refractivity contribution in [1.82, 2.24) is 5.32 Å². The van der Waals surface area contributed by atoms with Gasteiger partial charge in [-0.3, -0.25) is 9.10 Å². The Hall–Kier alpha value is -3.52. The third-order valence-corrected chi connectivity index (χ3v) is 7.50. The second kappa shape index (κ2) is 9.77. The summed E-state index contributed by atoms with van der Waals surface area (Å²) in [6, 6.07) is 18.7. The lowest BCUT2D eigenvalue weighted by atomic mass is 10.00. The molecule has 1 unspecified atom stereocenters. The number of fused-ring (bicyclic) bond motifs is 1. The number of carbonyl (C=O) groups excluding carboxylic acids is 1. The number of sulfonamides is 1. The summed E-state index contributed by atoms with van der Waals surface area (Å²) in [4.78, 5) is 13.2. The molecule has 0 spiro atoms. The molecule has 3 aromatic carbocycles. The largest absolute Gasteiger partial charge is 0.486 e. The molecule has 1 N–H and O–H groups in total. The highest BCUT2D eigenvalue weighted by Crippen LogP contribution is 2.35. The van der Waals surface area contributed by atoms with Crippen molar-refractivity contribution in [2.24, 2.45) is 0 Å². The molecule has 0 aromatic heterocycles. The van der Waals surface area contributed by atoms with Gasteiger partial charge in [0.2, 0.25) is 5.91 Å². The van der Waals surface area contributed by atoms with Gasteiger partial charge in [0.15, 0.2) is 11.5 Å². The van der Waals surface area contributed by atoms with Crippen molar-refractivity contribution >= 4 is 21.6 Å². The van der Waals surface area contributed by atoms with Gasteiger partial charge in [-0.15, -0.1) is 0 Å². The molecule has 0 bridgehead atoms. The monoisotopic (exact) mass is 480 g/mol. The van der Waals surface area contributed by atoms with Gasteiger partial charge in [0.1, 0.15) is 19.8 Å². The number of benzene rings is 3. The highest BCUT2D eigenvalue weighted by molar-refractivity contribution is 7.92. The first kappa shape index (κ1) is 23.6. The van der Waals surface area contributed by atoms with Gasteiger partial charge in [0.25, 0.3) is 10.0 Å². The van der Waals surface area contributed by atoms with Crippen LogP contribution in [-0.4, -0.2) is 34.1 Å². The van der Waals surface area contributed by atoms with Gasteiger partial charge >= 0.3 is 0 Å². The molecule has 1 aliphatic heterocycles. The van der Waals surface area contributed by atoms with Crippen molar-refractivity contribution < 1.29 is 22.7 Å². The lowest BCUT2D eigenvalue weighted by Crippen LogP contribution is -2.41. The van der Waals surface area contributed by atoms with Crippen LogP contribution in [0.25, 0.3) is 0 Å². The highest BCUT2D eigenvalue weighted by Gasteiger charge is 2.29. The second-order valence-electron chi connectivity index (χ2n) is 8.30. The van der Waals surface area contributed by atoms with Crippen molar-refractivity contribution in [1.29, 1.82) is 0 Å². The summed E-state index contributed by atoms with van der Waals surface area (Å²) in [5.74, 6) is 0.573. The zero-order valence-electron chi connectivity index (χ0n) is 19.4. The molecular formula is C26H28N2O5S. The van der Waals surface area contributed by atoms with Crippen LogP contribution in [0.15, 0.2) is 71.6 Å². The minimum atomic E-state index is -4.01. The maximum atomic E-state index is 13.6. The summed E-state index contributed by atoms with van der Waals surface area (Å²) in [7, 11) is -4.01. The Labute approximate surface area is 200 Å². The van der Waals surface area contributed by atoms with E-state index in [1.54, 1.807) is 36.4 Å². The highest BCUT2D eigenvalue weighted by atomic mass is 32.2. The van der Waals surface area contributed by atoms with Crippen molar-refractivity contribution in [3.63, 3.8) is 0 Å². The van der Waals surface area contributed by atoms with E-state index in [1.165, 1.54) is 12.1 Å². The minimum absolute atomic E-state index is 0.0975. The molecule has 1 aliphatic rings. The summed E-state index contributed by atoms with van der Waals surface area (Å²) >= 11 is 0. The summed E-state index contributed by atoms with van der Waals surface area (Å²) in [5.41, 5.74) is 3.46. The molecule has 8 heteroatoms. The molecule has 0 saturated heterocycles. The van der Waals surface area contributed by atoms with Crippen molar-refractivity contribution in [2.45, 2.75) is 31.7 Å². The van der Waals surface area contributed by atoms with E-state index < -0.39 is 15.9 Å². The van der Waals surface area contributed by atoms with E-state index in [0.29, 0.717) is 30.4 Å². The van der Waals surface area contributed by atoms with Crippen LogP contribution in [0.1, 0.15) is 29.7 Å². The standard InChI is InChI=1S/C26H28N2O5S/c1-18-9-10-19(2)23(15-18)20(3)27-26(29)17-28(34(30,31)22-7-5-4-6-8-22)21-11-12-24-25(16-21)33-14-13-32-24/h4-12,15-16,20H,13-14,17H2,1-3H3,(H,27,29). The Morgan fingerprint density at radius 2 is 1.68 bits per heavy atom. The van der Waals surface area contributed by atoms with Crippen LogP contribution in [0, 0.1) is 13.8 Å². The van der Waals surface area contributed by atoms with Gasteiger partial charge in [-0.2, -0.15) is 0 Å². The first-order valence-corrected chi connectivity index (χ1v) is 12.5. The van der Waals surface area contributed by atoms with Crippen LogP contribution >= 0.6 is 0 Å². The summed E-state index contributed by atoms with van der Waals surface area (Å²) in [6.07, 6.45) is 0. The third kappa shape index (κ3) is 5.02. The van der Waals surface area contributed by atoms with Crippen molar-refractivity contribution in [3.05, 3.63) is 83.4 Å². The topological polar surface area (TPSA) is 84.9 Å². The van der Waals surface area contributed by atoms with Gasteiger partial charge in [-0.1, -0.05) is 42.0 Å². The third-order valence-electron chi connectivity index (χ3n) is 5.71. The van der Waals surface area contributed by atoms with E-state index in [-0.39, 0.29) is 17.5 Å². The normalized spacial score (nSPS) is 13.7. The fraction of sp³-hybridized carbons (Fsp3) is 0.269. The molecule has 4 rings (SSSR count). The van der Waals surface area contributed by atoms with Crippen LogP contribution in [0.3, 0.4) is 0 Å². The molecule has 0 radical (unpaired) electrons. The maximum Gasteiger partial charge on any atom is 0.264 e. The Bertz CT molecular complexity index is 1290. The average molecular weight is 481 g/mol. The summed E-state index contributed by atoms with van der Waals surface area (Å²) in [6.45, 7) is 6.28. The number of rotatable bonds is 7. The number of amides is 1. The number of hydrogen-bond donors (Lipinski definition) is 1. The molecule has 0 fully saturated rings. The number of ether oxygens (including phenoxy) is 2. The molecule has 0 saturated carbocycles. The number of anilines is 1. The molecule has 3 aromatic rings. The molecule has 34 heavy (non-hydrogen) atoms. The summed E-state index contributed by atoms with van der Waals surface area (Å²) in [5, 5.41) is 2.95. The van der Waals surface area contributed by atoms with Gasteiger partial charge in [0, 0.05) is 6.07 Å². The first-order chi connectivity index (χ1) is 16.3. The zero-order chi connectivity index (χ0) is 24.3. The van der Waals surface area contributed by atoms with Gasteiger partial charge < -0.3 is 14.8 Å². The fourth-order valence-corrected chi connectivity index (χ4v) is 5.38. The number of aryl methyl sites for hydroxylation is 2. The predicted molar refractivity (Wildman–Crippen MR) is 131 cm³/mol. The zero-order valence-corrected chi connectivity index (χ0v) is 20.3. The van der Waals surface area contributed by atoms with Crippen LogP contribution in [-0.2, 0) is 14.8 Å². The van der Waals surface area contributed by atoms with E-state index in [9.17, 15) is 13.2 Å². The lowest BCUT2D eigenvalue weighted by Gasteiger charge is -2.27. The van der Waals surface area contributed by atoms with E-state index in [2.05, 4.69) is 5.32 Å². The van der Waals surface area contributed by atoms with E-state index in [4.69, 9.17) is 9.47 Å². The number of nitrogens with zero attached hydrogens (tertiary/aromatic N) is 1. The Balaban J connectivity index is 1.64. The quantitative estimate of drug-likeness (QED) is 0.549. The smallest absolute Gasteiger partial charge is 0.264 e. The minimum Gasteiger partial charge on any atom is -0.486 e. The van der Waals surface area contributed by atoms with Crippen molar-refractivity contribution in [3.8, 4) is 11.5 Å². The number of nitrogens with one attached hydrogen (secondary N) is 1. The number of carbonyl (C=O) groups is 1. The van der Waals surface area contributed by atoms with Gasteiger partial charge in [-0.05, 0) is 56.2 Å².